The van der Waals surface area contributed by atoms with Crippen LogP contribution in [0.4, 0.5) is 4.39 Å². The number of hydrogen-bond acceptors (Lipinski definition) is 4. The number of halogens is 1. The minimum atomic E-state index is -3.15. The van der Waals surface area contributed by atoms with Crippen molar-refractivity contribution in [3.05, 3.63) is 96.1 Å². The molecule has 6 rings (SSSR count). The molecule has 3 aromatic heterocycles. The van der Waals surface area contributed by atoms with E-state index in [0.29, 0.717) is 11.1 Å². The normalized spacial score (nSPS) is 12.0. The number of nitrogens with one attached hydrogen (secondary N) is 2. The fourth-order valence-corrected chi connectivity index (χ4v) is 5.55. The number of benzene rings is 3. The first-order valence-electron chi connectivity index (χ1n) is 12.2. The lowest BCUT2D eigenvalue weighted by atomic mass is 9.98. The van der Waals surface area contributed by atoms with Crippen molar-refractivity contribution in [2.24, 2.45) is 0 Å². The summed E-state index contributed by atoms with van der Waals surface area (Å²) in [6.45, 7) is 2.07. The second kappa shape index (κ2) is 9.22. The molecular formula is C30H25FN4O2S. The average molecular weight is 525 g/mol. The molecule has 190 valence electrons. The lowest BCUT2D eigenvalue weighted by Gasteiger charge is -2.08. The van der Waals surface area contributed by atoms with Gasteiger partial charge in [0.2, 0.25) is 0 Å². The van der Waals surface area contributed by atoms with E-state index in [0.717, 1.165) is 55.4 Å². The number of fused-ring (bicyclic) bond motifs is 2. The second-order valence-corrected chi connectivity index (χ2v) is 12.0. The van der Waals surface area contributed by atoms with Gasteiger partial charge in [0, 0.05) is 40.5 Å². The molecule has 0 radical (unpaired) electrons. The molecule has 0 fully saturated rings. The summed E-state index contributed by atoms with van der Waals surface area (Å²) in [5.74, 6) is -0.420. The molecule has 0 bridgehead atoms. The molecule has 0 saturated heterocycles. The number of sulfone groups is 1. The van der Waals surface area contributed by atoms with E-state index in [9.17, 15) is 12.8 Å². The van der Waals surface area contributed by atoms with E-state index in [-0.39, 0.29) is 12.2 Å². The summed E-state index contributed by atoms with van der Waals surface area (Å²) in [6, 6.07) is 20.8. The van der Waals surface area contributed by atoms with Crippen LogP contribution >= 0.6 is 0 Å². The monoisotopic (exact) mass is 524 g/mol. The number of aromatic nitrogens is 4. The molecule has 38 heavy (non-hydrogen) atoms. The van der Waals surface area contributed by atoms with Crippen LogP contribution in [0.5, 0.6) is 0 Å². The van der Waals surface area contributed by atoms with Crippen LogP contribution in [0.3, 0.4) is 0 Å². The third kappa shape index (κ3) is 4.59. The smallest absolute Gasteiger partial charge is 0.147 e. The number of rotatable bonds is 6. The van der Waals surface area contributed by atoms with Crippen molar-refractivity contribution in [3.63, 3.8) is 0 Å². The Hall–Kier alpha value is -4.30. The minimum absolute atomic E-state index is 0.0266. The molecule has 6 nitrogen and oxygen atoms in total. The summed E-state index contributed by atoms with van der Waals surface area (Å²) in [6.07, 6.45) is 5.11. The predicted molar refractivity (Wildman–Crippen MR) is 150 cm³/mol. The van der Waals surface area contributed by atoms with Crippen LogP contribution in [-0.4, -0.2) is 40.6 Å². The molecule has 3 heterocycles. The van der Waals surface area contributed by atoms with Crippen molar-refractivity contribution in [1.82, 2.24) is 20.2 Å². The van der Waals surface area contributed by atoms with Crippen LogP contribution in [0.25, 0.3) is 55.4 Å². The fourth-order valence-electron chi connectivity index (χ4n) is 4.94. The van der Waals surface area contributed by atoms with Gasteiger partial charge in [-0.2, -0.15) is 5.10 Å². The molecule has 0 aliphatic carbocycles. The van der Waals surface area contributed by atoms with Gasteiger partial charge >= 0.3 is 0 Å². The Bertz CT molecular complexity index is 1940. The highest BCUT2D eigenvalue weighted by Crippen LogP contribution is 2.36. The molecule has 2 N–H and O–H groups in total. The largest absolute Gasteiger partial charge is 0.353 e. The van der Waals surface area contributed by atoms with Crippen molar-refractivity contribution >= 4 is 31.6 Å². The third-order valence-electron chi connectivity index (χ3n) is 6.86. The van der Waals surface area contributed by atoms with E-state index in [1.165, 1.54) is 18.4 Å². The van der Waals surface area contributed by atoms with Gasteiger partial charge in [-0.1, -0.05) is 24.3 Å². The van der Waals surface area contributed by atoms with Gasteiger partial charge in [0.15, 0.2) is 0 Å². The summed E-state index contributed by atoms with van der Waals surface area (Å²) in [7, 11) is -3.15. The highest BCUT2D eigenvalue weighted by Gasteiger charge is 2.16. The lowest BCUT2D eigenvalue weighted by molar-refractivity contribution is 0.600. The molecule has 0 aliphatic rings. The maximum Gasteiger partial charge on any atom is 0.147 e. The summed E-state index contributed by atoms with van der Waals surface area (Å²) in [5, 5.41) is 9.64. The maximum atomic E-state index is 14.6. The summed E-state index contributed by atoms with van der Waals surface area (Å²) >= 11 is 0. The van der Waals surface area contributed by atoms with Gasteiger partial charge in [-0.3, -0.25) is 10.1 Å². The Morgan fingerprint density at radius 3 is 2.58 bits per heavy atom. The summed E-state index contributed by atoms with van der Waals surface area (Å²) in [4.78, 5) is 7.76. The summed E-state index contributed by atoms with van der Waals surface area (Å²) in [5.41, 5.74) is 8.93. The molecule has 0 unspecified atom stereocenters. The van der Waals surface area contributed by atoms with Crippen molar-refractivity contribution < 1.29 is 12.8 Å². The molecule has 0 amide bonds. The molecule has 0 aliphatic heterocycles. The van der Waals surface area contributed by atoms with Crippen LogP contribution < -0.4 is 0 Å². The van der Waals surface area contributed by atoms with Crippen LogP contribution in [-0.2, 0) is 16.3 Å². The fraction of sp³-hybridized carbons (Fsp3) is 0.133. The maximum absolute atomic E-state index is 14.6. The molecule has 6 aromatic rings. The second-order valence-electron chi connectivity index (χ2n) is 9.70. The minimum Gasteiger partial charge on any atom is -0.353 e. The van der Waals surface area contributed by atoms with E-state index < -0.39 is 15.7 Å². The van der Waals surface area contributed by atoms with Crippen LogP contribution in [0.2, 0.25) is 0 Å². The highest BCUT2D eigenvalue weighted by molar-refractivity contribution is 7.90. The Morgan fingerprint density at radius 1 is 0.895 bits per heavy atom. The molecule has 0 spiro atoms. The van der Waals surface area contributed by atoms with Gasteiger partial charge in [-0.05, 0) is 83.6 Å². The average Bonchev–Trinajstić information content (AvgIpc) is 3.50. The number of nitrogens with zero attached hydrogens (tertiary/aromatic N) is 2. The topological polar surface area (TPSA) is 91.5 Å². The van der Waals surface area contributed by atoms with Crippen molar-refractivity contribution in [1.29, 1.82) is 0 Å². The number of aryl methyl sites for hydroxylation is 2. The van der Waals surface area contributed by atoms with Gasteiger partial charge in [0.05, 0.1) is 17.0 Å². The third-order valence-corrected chi connectivity index (χ3v) is 7.81. The number of aromatic amines is 2. The van der Waals surface area contributed by atoms with Crippen LogP contribution in [0, 0.1) is 12.7 Å². The molecular weight excluding hydrogens is 499 g/mol. The lowest BCUT2D eigenvalue weighted by Crippen LogP contribution is -2.06. The Kier molecular flexibility index (Phi) is 5.84. The van der Waals surface area contributed by atoms with E-state index in [4.69, 9.17) is 0 Å². The van der Waals surface area contributed by atoms with Gasteiger partial charge in [-0.25, -0.2) is 12.8 Å². The van der Waals surface area contributed by atoms with Gasteiger partial charge in [0.1, 0.15) is 21.3 Å². The van der Waals surface area contributed by atoms with Crippen LogP contribution in [0.1, 0.15) is 11.1 Å². The summed E-state index contributed by atoms with van der Waals surface area (Å²) < 4.78 is 37.8. The first kappa shape index (κ1) is 24.1. The van der Waals surface area contributed by atoms with E-state index in [2.05, 4.69) is 39.2 Å². The Morgan fingerprint density at radius 2 is 1.76 bits per heavy atom. The molecule has 3 aromatic carbocycles. The van der Waals surface area contributed by atoms with Gasteiger partial charge in [0.25, 0.3) is 0 Å². The predicted octanol–water partition coefficient (Wildman–Crippen LogP) is 6.47. The molecule has 0 saturated carbocycles. The van der Waals surface area contributed by atoms with Gasteiger partial charge in [-0.15, -0.1) is 0 Å². The standard InChI is InChI=1S/C30H25FN4O2S/c1-18-8-10-32-17-26(18)20-6-7-28-25(15-20)30(35-34-28)29-16-24-23(4-3-5-27(24)33-29)21-12-19(13-22(31)14-21)9-11-38(2,36)37/h3-8,10,12-17,33H,9,11H2,1-2H3,(H,34,35). The van der Waals surface area contributed by atoms with E-state index >= 15 is 0 Å². The first-order chi connectivity index (χ1) is 18.2. The number of hydrogen-bond donors (Lipinski definition) is 2. The van der Waals surface area contributed by atoms with Crippen molar-refractivity contribution in [2.45, 2.75) is 13.3 Å². The Labute approximate surface area is 219 Å². The van der Waals surface area contributed by atoms with Gasteiger partial charge < -0.3 is 4.98 Å². The highest BCUT2D eigenvalue weighted by atomic mass is 32.2. The zero-order valence-corrected chi connectivity index (χ0v) is 21.7. The number of pyridine rings is 1. The molecule has 8 heteroatoms. The molecule has 0 atom stereocenters. The SMILES string of the molecule is Cc1ccncc1-c1ccc2[nH]nc(-c3cc4c(-c5cc(F)cc(CCS(C)(=O)=O)c5)cccc4[nH]3)c2c1. The van der Waals surface area contributed by atoms with Crippen LogP contribution in [0.15, 0.2) is 79.1 Å². The Balaban J connectivity index is 1.44. The zero-order chi connectivity index (χ0) is 26.4. The quantitative estimate of drug-likeness (QED) is 0.261. The first-order valence-corrected chi connectivity index (χ1v) is 14.3. The van der Waals surface area contributed by atoms with E-state index in [1.54, 1.807) is 6.20 Å². The van der Waals surface area contributed by atoms with E-state index in [1.807, 2.05) is 48.7 Å². The number of H-pyrrole nitrogens is 2. The zero-order valence-electron chi connectivity index (χ0n) is 20.9. The van der Waals surface area contributed by atoms with Crippen molar-refractivity contribution in [2.75, 3.05) is 12.0 Å². The van der Waals surface area contributed by atoms with Crippen molar-refractivity contribution in [3.8, 4) is 33.6 Å².